The molecule has 2 rings (SSSR count). The summed E-state index contributed by atoms with van der Waals surface area (Å²) < 4.78 is 13.1. The maximum absolute atomic E-state index is 13.1. The van der Waals surface area contributed by atoms with Crippen LogP contribution in [0.5, 0.6) is 0 Å². The smallest absolute Gasteiger partial charge is 0.195 e. The summed E-state index contributed by atoms with van der Waals surface area (Å²) in [7, 11) is 0. The van der Waals surface area contributed by atoms with E-state index in [1.165, 1.54) is 89.9 Å². The molecule has 0 aromatic heterocycles. The van der Waals surface area contributed by atoms with E-state index in [2.05, 4.69) is 6.92 Å². The number of nitrogens with zero attached hydrogens (tertiary/aromatic N) is 1. The fourth-order valence-corrected chi connectivity index (χ4v) is 5.20. The highest BCUT2D eigenvalue weighted by Crippen LogP contribution is 2.38. The molecule has 0 aromatic carbocycles. The van der Waals surface area contributed by atoms with Crippen molar-refractivity contribution in [2.75, 3.05) is 0 Å². The molecular formula is C24H40FN. The molecule has 2 heteroatoms. The second-order valence-corrected chi connectivity index (χ2v) is 9.07. The molecule has 0 aromatic rings. The lowest BCUT2D eigenvalue weighted by Gasteiger charge is -2.31. The minimum atomic E-state index is -0.587. The Morgan fingerprint density at radius 2 is 1.31 bits per heavy atom. The predicted octanol–water partition coefficient (Wildman–Crippen LogP) is 8.12. The molecule has 0 spiro atoms. The normalized spacial score (nSPS) is 30.1. The van der Waals surface area contributed by atoms with E-state index in [1.54, 1.807) is 12.1 Å². The third-order valence-corrected chi connectivity index (χ3v) is 7.05. The van der Waals surface area contributed by atoms with Crippen LogP contribution in [-0.2, 0) is 0 Å². The van der Waals surface area contributed by atoms with Crippen molar-refractivity contribution >= 4 is 0 Å². The first kappa shape index (κ1) is 21.5. The monoisotopic (exact) mass is 361 g/mol. The second kappa shape index (κ2) is 12.5. The van der Waals surface area contributed by atoms with Gasteiger partial charge in [0.2, 0.25) is 0 Å². The number of rotatable bonds is 10. The van der Waals surface area contributed by atoms with Gasteiger partial charge in [-0.25, -0.2) is 0 Å². The lowest BCUT2D eigenvalue weighted by molar-refractivity contribution is 0.219. The summed E-state index contributed by atoms with van der Waals surface area (Å²) in [6.07, 6.45) is 23.4. The molecule has 2 saturated carbocycles. The Morgan fingerprint density at radius 3 is 1.85 bits per heavy atom. The molecule has 0 aliphatic heterocycles. The van der Waals surface area contributed by atoms with E-state index in [0.717, 1.165) is 30.6 Å². The standard InChI is InChI=1S/C24H40FN/c1-2-3-4-5-6-7-20-8-10-21(11-9-20)12-13-22-14-16-23(17-15-22)18-24(25)19-26/h18,20-23H,2-17H2,1H3/t20-,21-,22?,23?. The molecule has 0 saturated heterocycles. The van der Waals surface area contributed by atoms with Crippen molar-refractivity contribution in [3.8, 4) is 6.07 Å². The zero-order valence-corrected chi connectivity index (χ0v) is 17.0. The van der Waals surface area contributed by atoms with Crippen molar-refractivity contribution in [1.82, 2.24) is 0 Å². The summed E-state index contributed by atoms with van der Waals surface area (Å²) in [5, 5.41) is 8.55. The van der Waals surface area contributed by atoms with Gasteiger partial charge in [0, 0.05) is 0 Å². The van der Waals surface area contributed by atoms with Gasteiger partial charge >= 0.3 is 0 Å². The van der Waals surface area contributed by atoms with Gasteiger partial charge in [-0.2, -0.15) is 9.65 Å². The van der Waals surface area contributed by atoms with Gasteiger partial charge < -0.3 is 0 Å². The zero-order chi connectivity index (χ0) is 18.6. The molecule has 0 atom stereocenters. The first-order valence-electron chi connectivity index (χ1n) is 11.5. The molecule has 26 heavy (non-hydrogen) atoms. The molecule has 1 nitrogen and oxygen atoms in total. The number of halogens is 1. The quantitative estimate of drug-likeness (QED) is 0.285. The summed E-state index contributed by atoms with van der Waals surface area (Å²) in [5.41, 5.74) is 0. The molecular weight excluding hydrogens is 321 g/mol. The van der Waals surface area contributed by atoms with E-state index in [1.807, 2.05) is 0 Å². The van der Waals surface area contributed by atoms with E-state index in [9.17, 15) is 4.39 Å². The molecule has 0 amide bonds. The van der Waals surface area contributed by atoms with Crippen LogP contribution in [0, 0.1) is 35.0 Å². The maximum Gasteiger partial charge on any atom is 0.196 e. The Labute approximate surface area is 161 Å². The predicted molar refractivity (Wildman–Crippen MR) is 108 cm³/mol. The van der Waals surface area contributed by atoms with Crippen LogP contribution in [-0.4, -0.2) is 0 Å². The van der Waals surface area contributed by atoms with Crippen LogP contribution >= 0.6 is 0 Å². The number of nitriles is 1. The van der Waals surface area contributed by atoms with Crippen molar-refractivity contribution < 1.29 is 4.39 Å². The zero-order valence-electron chi connectivity index (χ0n) is 17.0. The molecule has 0 N–H and O–H groups in total. The SMILES string of the molecule is CCCCCCC[C@H]1CC[C@H](CCC2CCC(C=C(F)C#N)CC2)CC1. The number of unbranched alkanes of at least 4 members (excludes halogenated alkanes) is 4. The third-order valence-electron chi connectivity index (χ3n) is 7.05. The van der Waals surface area contributed by atoms with Crippen LogP contribution in [0.15, 0.2) is 11.9 Å². The van der Waals surface area contributed by atoms with E-state index < -0.39 is 5.83 Å². The van der Waals surface area contributed by atoms with Crippen LogP contribution in [0.3, 0.4) is 0 Å². The van der Waals surface area contributed by atoms with Gasteiger partial charge in [-0.15, -0.1) is 0 Å². The highest BCUT2D eigenvalue weighted by molar-refractivity contribution is 5.13. The summed E-state index contributed by atoms with van der Waals surface area (Å²) in [6, 6.07) is 1.61. The fraction of sp³-hybridized carbons (Fsp3) is 0.875. The summed E-state index contributed by atoms with van der Waals surface area (Å²) in [5.74, 6) is 2.56. The van der Waals surface area contributed by atoms with Gasteiger partial charge in [-0.1, -0.05) is 84.0 Å². The highest BCUT2D eigenvalue weighted by atomic mass is 19.1. The van der Waals surface area contributed by atoms with Crippen LogP contribution < -0.4 is 0 Å². The molecule has 0 heterocycles. The lowest BCUT2D eigenvalue weighted by Crippen LogP contribution is -2.18. The Balaban J connectivity index is 1.52. The third kappa shape index (κ3) is 8.24. The van der Waals surface area contributed by atoms with Crippen LogP contribution in [0.1, 0.15) is 110 Å². The van der Waals surface area contributed by atoms with Crippen molar-refractivity contribution in [3.63, 3.8) is 0 Å². The Hall–Kier alpha value is -0.840. The average molecular weight is 362 g/mol. The van der Waals surface area contributed by atoms with Crippen LogP contribution in [0.2, 0.25) is 0 Å². The summed E-state index contributed by atoms with van der Waals surface area (Å²) >= 11 is 0. The topological polar surface area (TPSA) is 23.8 Å². The molecule has 2 aliphatic carbocycles. The van der Waals surface area contributed by atoms with Gasteiger partial charge in [0.05, 0.1) is 0 Å². The van der Waals surface area contributed by atoms with Gasteiger partial charge in [-0.3, -0.25) is 0 Å². The van der Waals surface area contributed by atoms with Crippen molar-refractivity contribution in [2.24, 2.45) is 23.7 Å². The second-order valence-electron chi connectivity index (χ2n) is 9.07. The minimum Gasteiger partial charge on any atom is -0.195 e. The Morgan fingerprint density at radius 1 is 0.808 bits per heavy atom. The molecule has 2 aliphatic rings. The van der Waals surface area contributed by atoms with Gasteiger partial charge in [0.25, 0.3) is 0 Å². The molecule has 148 valence electrons. The maximum atomic E-state index is 13.1. The molecule has 0 radical (unpaired) electrons. The van der Waals surface area contributed by atoms with Crippen LogP contribution in [0.25, 0.3) is 0 Å². The van der Waals surface area contributed by atoms with Crippen LogP contribution in [0.4, 0.5) is 4.39 Å². The van der Waals surface area contributed by atoms with Crippen molar-refractivity contribution in [1.29, 1.82) is 5.26 Å². The highest BCUT2D eigenvalue weighted by Gasteiger charge is 2.24. The first-order chi connectivity index (χ1) is 12.7. The largest absolute Gasteiger partial charge is 0.196 e. The average Bonchev–Trinajstić information content (AvgIpc) is 2.68. The van der Waals surface area contributed by atoms with E-state index >= 15 is 0 Å². The molecule has 0 unspecified atom stereocenters. The minimum absolute atomic E-state index is 0.304. The number of allylic oxidation sites excluding steroid dienone is 2. The van der Waals surface area contributed by atoms with Gasteiger partial charge in [0.1, 0.15) is 6.07 Å². The molecule has 0 bridgehead atoms. The van der Waals surface area contributed by atoms with E-state index in [0.29, 0.717) is 5.92 Å². The lowest BCUT2D eigenvalue weighted by atomic mass is 9.75. The van der Waals surface area contributed by atoms with E-state index in [-0.39, 0.29) is 0 Å². The summed E-state index contributed by atoms with van der Waals surface area (Å²) in [4.78, 5) is 0. The molecule has 2 fully saturated rings. The van der Waals surface area contributed by atoms with Gasteiger partial charge in [-0.05, 0) is 55.4 Å². The number of hydrogen-bond donors (Lipinski definition) is 0. The first-order valence-corrected chi connectivity index (χ1v) is 11.5. The Bertz CT molecular complexity index is 434. The van der Waals surface area contributed by atoms with Gasteiger partial charge in [0.15, 0.2) is 5.83 Å². The fourth-order valence-electron chi connectivity index (χ4n) is 5.20. The van der Waals surface area contributed by atoms with E-state index in [4.69, 9.17) is 5.26 Å². The number of hydrogen-bond acceptors (Lipinski definition) is 1. The Kier molecular flexibility index (Phi) is 10.3. The van der Waals surface area contributed by atoms with Crippen molar-refractivity contribution in [3.05, 3.63) is 11.9 Å². The van der Waals surface area contributed by atoms with Crippen molar-refractivity contribution in [2.45, 2.75) is 110 Å². The summed E-state index contributed by atoms with van der Waals surface area (Å²) in [6.45, 7) is 2.29.